The van der Waals surface area contributed by atoms with E-state index in [1.165, 1.54) is 30.6 Å². The van der Waals surface area contributed by atoms with Gasteiger partial charge in [0.25, 0.3) is 0 Å². The number of sulfonamides is 1. The summed E-state index contributed by atoms with van der Waals surface area (Å²) in [5.74, 6) is -0.262. The Kier molecular flexibility index (Phi) is 7.19. The van der Waals surface area contributed by atoms with Crippen molar-refractivity contribution in [2.24, 2.45) is 11.7 Å². The molecular weight excluding hydrogens is 433 g/mol. The van der Waals surface area contributed by atoms with Crippen molar-refractivity contribution in [3.63, 3.8) is 0 Å². The molecule has 0 aliphatic heterocycles. The highest BCUT2D eigenvalue weighted by atomic mass is 32.2. The number of nitrogens with zero attached hydrogens (tertiary/aromatic N) is 2. The van der Waals surface area contributed by atoms with Crippen LogP contribution in [0.1, 0.15) is 20.3 Å². The van der Waals surface area contributed by atoms with Crippen LogP contribution in [0.5, 0.6) is 0 Å². The highest BCUT2D eigenvalue weighted by molar-refractivity contribution is 7.89. The number of aromatic nitrogens is 2. The molecule has 1 aromatic heterocycles. The fourth-order valence-corrected chi connectivity index (χ4v) is 4.83. The van der Waals surface area contributed by atoms with Crippen LogP contribution in [0.3, 0.4) is 0 Å². The van der Waals surface area contributed by atoms with E-state index in [2.05, 4.69) is 14.7 Å². The second kappa shape index (κ2) is 9.70. The van der Waals surface area contributed by atoms with E-state index in [4.69, 9.17) is 11.5 Å². The van der Waals surface area contributed by atoms with Gasteiger partial charge in [-0.1, -0.05) is 38.1 Å². The van der Waals surface area contributed by atoms with Crippen molar-refractivity contribution in [2.75, 3.05) is 5.73 Å². The van der Waals surface area contributed by atoms with Crippen LogP contribution >= 0.6 is 0 Å². The van der Waals surface area contributed by atoms with Crippen LogP contribution in [0.2, 0.25) is 0 Å². The van der Waals surface area contributed by atoms with Gasteiger partial charge in [0.2, 0.25) is 10.0 Å². The molecule has 3 rings (SSSR count). The molecule has 0 saturated carbocycles. The van der Waals surface area contributed by atoms with E-state index >= 15 is 0 Å². The van der Waals surface area contributed by atoms with Crippen molar-refractivity contribution in [1.82, 2.24) is 14.7 Å². The lowest BCUT2D eigenvalue weighted by atomic mass is 10.0. The minimum Gasteiger partial charge on any atom is -0.382 e. The van der Waals surface area contributed by atoms with E-state index in [9.17, 15) is 17.9 Å². The first kappa shape index (κ1) is 23.7. The van der Waals surface area contributed by atoms with E-state index in [0.717, 1.165) is 0 Å². The Labute approximate surface area is 186 Å². The van der Waals surface area contributed by atoms with Crippen molar-refractivity contribution < 1.29 is 17.9 Å². The number of aliphatic hydroxyl groups excluding tert-OH is 1. The van der Waals surface area contributed by atoms with Crippen LogP contribution in [-0.4, -0.2) is 35.8 Å². The Balaban J connectivity index is 1.99. The third kappa shape index (κ3) is 5.46. The fraction of sp³-hybridized carbons (Fsp3) is 0.273. The summed E-state index contributed by atoms with van der Waals surface area (Å²) in [7, 11) is -4.06. The standard InChI is InChI=1S/C22H26FN5O3S/c1-13(2)9-18(22(25)29)28-32(30,31)20-6-4-3-5-15(20)14-7-8-16(17(23)10-14)19-11-27-21(24)12-26-19/h3-8,10-13,18,22,28-29H,9,25H2,1-2H3,(H2,24,27)/t18-,22?/m0/s1. The summed E-state index contributed by atoms with van der Waals surface area (Å²) in [5, 5.41) is 9.83. The predicted octanol–water partition coefficient (Wildman–Crippen LogP) is 2.50. The minimum absolute atomic E-state index is 0.0474. The number of anilines is 1. The molecule has 0 radical (unpaired) electrons. The zero-order valence-electron chi connectivity index (χ0n) is 17.7. The second-order valence-electron chi connectivity index (χ2n) is 7.87. The maximum atomic E-state index is 14.9. The molecule has 2 aromatic carbocycles. The van der Waals surface area contributed by atoms with Gasteiger partial charge in [-0.15, -0.1) is 0 Å². The molecule has 0 aliphatic carbocycles. The molecule has 0 aliphatic rings. The monoisotopic (exact) mass is 459 g/mol. The topological polar surface area (TPSA) is 144 Å². The van der Waals surface area contributed by atoms with Gasteiger partial charge in [0.05, 0.1) is 29.0 Å². The van der Waals surface area contributed by atoms with Gasteiger partial charge in [0.15, 0.2) is 0 Å². The van der Waals surface area contributed by atoms with Crippen molar-refractivity contribution in [2.45, 2.75) is 37.4 Å². The van der Waals surface area contributed by atoms with Crippen molar-refractivity contribution in [3.05, 3.63) is 60.7 Å². The van der Waals surface area contributed by atoms with E-state index in [0.29, 0.717) is 23.2 Å². The van der Waals surface area contributed by atoms with Gasteiger partial charge in [0.1, 0.15) is 17.9 Å². The van der Waals surface area contributed by atoms with Gasteiger partial charge < -0.3 is 16.6 Å². The Morgan fingerprint density at radius 2 is 1.81 bits per heavy atom. The molecule has 0 amide bonds. The average molecular weight is 460 g/mol. The maximum absolute atomic E-state index is 14.9. The lowest BCUT2D eigenvalue weighted by Crippen LogP contribution is -2.48. The summed E-state index contributed by atoms with van der Waals surface area (Å²) in [6.45, 7) is 3.79. The Hall–Kier alpha value is -2.92. The number of halogens is 1. The highest BCUT2D eigenvalue weighted by Gasteiger charge is 2.27. The first-order valence-electron chi connectivity index (χ1n) is 10.0. The lowest BCUT2D eigenvalue weighted by Gasteiger charge is -2.23. The largest absolute Gasteiger partial charge is 0.382 e. The van der Waals surface area contributed by atoms with Crippen LogP contribution in [0, 0.1) is 11.7 Å². The van der Waals surface area contributed by atoms with Crippen LogP contribution in [0.4, 0.5) is 10.2 Å². The molecule has 1 unspecified atom stereocenters. The molecule has 1 heterocycles. The summed E-state index contributed by atoms with van der Waals surface area (Å²) >= 11 is 0. The minimum atomic E-state index is -4.06. The van der Waals surface area contributed by atoms with E-state index in [-0.39, 0.29) is 22.2 Å². The van der Waals surface area contributed by atoms with Gasteiger partial charge in [0, 0.05) is 11.1 Å². The summed E-state index contributed by atoms with van der Waals surface area (Å²) in [4.78, 5) is 7.94. The van der Waals surface area contributed by atoms with Gasteiger partial charge in [-0.3, -0.25) is 4.98 Å². The summed E-state index contributed by atoms with van der Waals surface area (Å²) < 4.78 is 43.6. The number of rotatable bonds is 8. The first-order chi connectivity index (χ1) is 15.1. The number of benzene rings is 2. The summed E-state index contributed by atoms with van der Waals surface area (Å²) in [6, 6.07) is 9.73. The van der Waals surface area contributed by atoms with Gasteiger partial charge in [-0.05, 0) is 36.1 Å². The van der Waals surface area contributed by atoms with Crippen molar-refractivity contribution in [3.8, 4) is 22.4 Å². The zero-order chi connectivity index (χ0) is 23.5. The van der Waals surface area contributed by atoms with Crippen LogP contribution in [0.25, 0.3) is 22.4 Å². The zero-order valence-corrected chi connectivity index (χ0v) is 18.6. The van der Waals surface area contributed by atoms with E-state index < -0.39 is 28.1 Å². The second-order valence-corrected chi connectivity index (χ2v) is 9.55. The summed E-state index contributed by atoms with van der Waals surface area (Å²) in [5.41, 5.74) is 12.3. The molecule has 32 heavy (non-hydrogen) atoms. The molecule has 10 heteroatoms. The first-order valence-corrected chi connectivity index (χ1v) is 11.5. The quantitative estimate of drug-likeness (QED) is 0.379. The van der Waals surface area contributed by atoms with Gasteiger partial charge >= 0.3 is 0 Å². The third-order valence-electron chi connectivity index (χ3n) is 4.85. The normalized spacial score (nSPS) is 13.8. The molecule has 8 nitrogen and oxygen atoms in total. The van der Waals surface area contributed by atoms with Crippen LogP contribution in [-0.2, 0) is 10.0 Å². The molecule has 3 aromatic rings. The van der Waals surface area contributed by atoms with Gasteiger partial charge in [-0.2, -0.15) is 0 Å². The Morgan fingerprint density at radius 3 is 2.41 bits per heavy atom. The average Bonchev–Trinajstić information content (AvgIpc) is 2.73. The molecule has 170 valence electrons. The van der Waals surface area contributed by atoms with Crippen molar-refractivity contribution >= 4 is 15.8 Å². The number of nitrogens with one attached hydrogen (secondary N) is 1. The van der Waals surface area contributed by atoms with Crippen LogP contribution < -0.4 is 16.2 Å². The Morgan fingerprint density at radius 1 is 1.09 bits per heavy atom. The Bertz CT molecular complexity index is 1180. The molecule has 2 atom stereocenters. The molecule has 0 saturated heterocycles. The molecule has 0 fully saturated rings. The number of nitrogens with two attached hydrogens (primary N) is 2. The van der Waals surface area contributed by atoms with Crippen LogP contribution in [0.15, 0.2) is 59.8 Å². The molecule has 6 N–H and O–H groups in total. The maximum Gasteiger partial charge on any atom is 0.241 e. The van der Waals surface area contributed by atoms with Gasteiger partial charge in [-0.25, -0.2) is 22.5 Å². The van der Waals surface area contributed by atoms with E-state index in [1.54, 1.807) is 24.3 Å². The number of aliphatic hydroxyl groups is 1. The molecular formula is C22H26FN5O3S. The molecule has 0 bridgehead atoms. The number of nitrogen functional groups attached to an aromatic ring is 1. The number of hydrogen-bond donors (Lipinski definition) is 4. The van der Waals surface area contributed by atoms with E-state index in [1.807, 2.05) is 13.8 Å². The molecule has 0 spiro atoms. The highest BCUT2D eigenvalue weighted by Crippen LogP contribution is 2.31. The summed E-state index contributed by atoms with van der Waals surface area (Å²) in [6.07, 6.45) is 1.68. The van der Waals surface area contributed by atoms with Crippen molar-refractivity contribution in [1.29, 1.82) is 0 Å². The fourth-order valence-electron chi connectivity index (χ4n) is 3.33. The number of hydrogen-bond acceptors (Lipinski definition) is 7. The lowest BCUT2D eigenvalue weighted by molar-refractivity contribution is 0.133. The SMILES string of the molecule is CC(C)C[C@H](NS(=O)(=O)c1ccccc1-c1ccc(-c2cnc(N)cn2)c(F)c1)C(N)O. The third-order valence-corrected chi connectivity index (χ3v) is 6.40. The predicted molar refractivity (Wildman–Crippen MR) is 121 cm³/mol. The smallest absolute Gasteiger partial charge is 0.241 e.